The van der Waals surface area contributed by atoms with Crippen LogP contribution in [-0.2, 0) is 4.79 Å². The number of tetrazole rings is 1. The third-order valence-electron chi connectivity index (χ3n) is 3.48. The van der Waals surface area contributed by atoms with E-state index >= 15 is 0 Å². The average molecular weight is 374 g/mol. The van der Waals surface area contributed by atoms with Crippen molar-refractivity contribution in [1.29, 1.82) is 0 Å². The topological polar surface area (TPSA) is 72.7 Å². The molecule has 0 unspecified atom stereocenters. The lowest BCUT2D eigenvalue weighted by Crippen LogP contribution is -2.22. The molecule has 0 aliphatic rings. The van der Waals surface area contributed by atoms with E-state index in [4.69, 9.17) is 11.6 Å². The number of anilines is 1. The summed E-state index contributed by atoms with van der Waals surface area (Å²) < 4.78 is 1.62. The first-order chi connectivity index (χ1) is 12.0. The van der Waals surface area contributed by atoms with Gasteiger partial charge in [-0.25, -0.2) is 0 Å². The van der Waals surface area contributed by atoms with Crippen molar-refractivity contribution in [3.8, 4) is 5.69 Å². The van der Waals surface area contributed by atoms with Crippen LogP contribution >= 0.6 is 23.4 Å². The maximum absolute atomic E-state index is 12.4. The molecule has 1 atom stereocenters. The van der Waals surface area contributed by atoms with Crippen LogP contribution in [0, 0.1) is 6.92 Å². The van der Waals surface area contributed by atoms with Gasteiger partial charge in [-0.15, -0.1) is 5.10 Å². The molecule has 1 amide bonds. The highest BCUT2D eigenvalue weighted by atomic mass is 35.5. The highest BCUT2D eigenvalue weighted by molar-refractivity contribution is 8.00. The molecule has 128 valence electrons. The molecule has 1 N–H and O–H groups in total. The van der Waals surface area contributed by atoms with Crippen molar-refractivity contribution in [2.45, 2.75) is 24.3 Å². The van der Waals surface area contributed by atoms with Crippen molar-refractivity contribution in [2.75, 3.05) is 5.32 Å². The molecule has 3 aromatic rings. The number of nitrogens with zero attached hydrogens (tertiary/aromatic N) is 4. The molecule has 0 fully saturated rings. The predicted molar refractivity (Wildman–Crippen MR) is 99.3 cm³/mol. The number of hydrogen-bond acceptors (Lipinski definition) is 5. The van der Waals surface area contributed by atoms with E-state index in [2.05, 4.69) is 20.8 Å². The molecule has 0 saturated heterocycles. The van der Waals surface area contributed by atoms with Crippen molar-refractivity contribution in [3.05, 3.63) is 59.1 Å². The van der Waals surface area contributed by atoms with Gasteiger partial charge in [-0.2, -0.15) is 4.68 Å². The number of carbonyl (C=O) groups excluding carboxylic acids is 1. The average Bonchev–Trinajstić information content (AvgIpc) is 3.05. The Morgan fingerprint density at radius 2 is 1.84 bits per heavy atom. The summed E-state index contributed by atoms with van der Waals surface area (Å²) in [5.41, 5.74) is 2.70. The van der Waals surface area contributed by atoms with E-state index in [1.165, 1.54) is 11.8 Å². The van der Waals surface area contributed by atoms with Gasteiger partial charge in [-0.1, -0.05) is 41.1 Å². The van der Waals surface area contributed by atoms with Gasteiger partial charge < -0.3 is 5.32 Å². The zero-order valence-corrected chi connectivity index (χ0v) is 15.3. The normalized spacial score (nSPS) is 12.0. The Labute approximate surface area is 154 Å². The Bertz CT molecular complexity index is 864. The summed E-state index contributed by atoms with van der Waals surface area (Å²) in [5, 5.41) is 15.4. The SMILES string of the molecule is Cc1ccc(-n2nnnc2S[C@@H](C)C(=O)Nc2ccc(Cl)cc2)cc1. The summed E-state index contributed by atoms with van der Waals surface area (Å²) in [6, 6.07) is 14.8. The lowest BCUT2D eigenvalue weighted by Gasteiger charge is -2.12. The number of hydrogen-bond donors (Lipinski definition) is 1. The number of nitrogens with one attached hydrogen (secondary N) is 1. The monoisotopic (exact) mass is 373 g/mol. The van der Waals surface area contributed by atoms with Crippen LogP contribution < -0.4 is 5.32 Å². The molecule has 25 heavy (non-hydrogen) atoms. The van der Waals surface area contributed by atoms with Crippen molar-refractivity contribution in [2.24, 2.45) is 0 Å². The van der Waals surface area contributed by atoms with Gasteiger partial charge in [0.05, 0.1) is 10.9 Å². The van der Waals surface area contributed by atoms with Gasteiger partial charge in [0.25, 0.3) is 0 Å². The lowest BCUT2D eigenvalue weighted by atomic mass is 10.2. The van der Waals surface area contributed by atoms with E-state index in [9.17, 15) is 4.79 Å². The molecular weight excluding hydrogens is 358 g/mol. The summed E-state index contributed by atoms with van der Waals surface area (Å²) in [5.74, 6) is -0.134. The van der Waals surface area contributed by atoms with Crippen LogP contribution in [0.15, 0.2) is 53.7 Å². The minimum Gasteiger partial charge on any atom is -0.325 e. The number of benzene rings is 2. The second-order valence-electron chi connectivity index (χ2n) is 5.47. The maximum Gasteiger partial charge on any atom is 0.237 e. The van der Waals surface area contributed by atoms with Crippen molar-refractivity contribution < 1.29 is 4.79 Å². The molecule has 1 aromatic heterocycles. The third-order valence-corrected chi connectivity index (χ3v) is 4.77. The van der Waals surface area contributed by atoms with Crippen LogP contribution in [0.25, 0.3) is 5.69 Å². The Morgan fingerprint density at radius 3 is 2.52 bits per heavy atom. The summed E-state index contributed by atoms with van der Waals surface area (Å²) >= 11 is 7.14. The van der Waals surface area contributed by atoms with Crippen molar-refractivity contribution in [1.82, 2.24) is 20.2 Å². The number of aromatic nitrogens is 4. The minimum absolute atomic E-state index is 0.134. The van der Waals surface area contributed by atoms with E-state index in [0.717, 1.165) is 11.3 Å². The Balaban J connectivity index is 1.70. The van der Waals surface area contributed by atoms with Gasteiger partial charge >= 0.3 is 0 Å². The van der Waals surface area contributed by atoms with Gasteiger partial charge in [0.15, 0.2) is 0 Å². The first kappa shape index (κ1) is 17.4. The molecule has 0 radical (unpaired) electrons. The molecule has 6 nitrogen and oxygen atoms in total. The second-order valence-corrected chi connectivity index (χ2v) is 7.21. The summed E-state index contributed by atoms with van der Waals surface area (Å²) in [7, 11) is 0. The van der Waals surface area contributed by atoms with Gasteiger partial charge in [-0.05, 0) is 60.7 Å². The summed E-state index contributed by atoms with van der Waals surface area (Å²) in [4.78, 5) is 12.4. The van der Waals surface area contributed by atoms with E-state index < -0.39 is 0 Å². The second kappa shape index (κ2) is 7.67. The number of thioether (sulfide) groups is 1. The van der Waals surface area contributed by atoms with Gasteiger partial charge in [0.1, 0.15) is 0 Å². The number of aryl methyl sites for hydroxylation is 1. The lowest BCUT2D eigenvalue weighted by molar-refractivity contribution is -0.115. The van der Waals surface area contributed by atoms with Crippen LogP contribution in [-0.4, -0.2) is 31.4 Å². The molecule has 2 aromatic carbocycles. The van der Waals surface area contributed by atoms with Gasteiger partial charge in [-0.3, -0.25) is 4.79 Å². The quantitative estimate of drug-likeness (QED) is 0.689. The fourth-order valence-corrected chi connectivity index (χ4v) is 3.02. The Hall–Kier alpha value is -2.38. The standard InChI is InChI=1S/C17H16ClN5OS/c1-11-3-9-15(10-4-11)23-17(20-21-22-23)25-12(2)16(24)19-14-7-5-13(18)6-8-14/h3-10,12H,1-2H3,(H,19,24)/t12-/m0/s1. The first-order valence-electron chi connectivity index (χ1n) is 7.61. The van der Waals surface area contributed by atoms with E-state index in [1.54, 1.807) is 28.9 Å². The Morgan fingerprint density at radius 1 is 1.16 bits per heavy atom. The molecule has 8 heteroatoms. The van der Waals surface area contributed by atoms with Crippen molar-refractivity contribution in [3.63, 3.8) is 0 Å². The number of rotatable bonds is 5. The molecule has 0 aliphatic carbocycles. The highest BCUT2D eigenvalue weighted by Crippen LogP contribution is 2.24. The van der Waals surface area contributed by atoms with Gasteiger partial charge in [0, 0.05) is 10.7 Å². The number of amides is 1. The molecule has 0 bridgehead atoms. The van der Waals surface area contributed by atoms with Crippen LogP contribution in [0.3, 0.4) is 0 Å². The number of carbonyl (C=O) groups is 1. The fourth-order valence-electron chi connectivity index (χ4n) is 2.09. The van der Waals surface area contributed by atoms with Crippen molar-refractivity contribution >= 4 is 35.0 Å². The van der Waals surface area contributed by atoms with Crippen LogP contribution in [0.2, 0.25) is 5.02 Å². The predicted octanol–water partition coefficient (Wildman–Crippen LogP) is 3.74. The molecule has 1 heterocycles. The highest BCUT2D eigenvalue weighted by Gasteiger charge is 2.19. The molecular formula is C17H16ClN5OS. The maximum atomic E-state index is 12.4. The first-order valence-corrected chi connectivity index (χ1v) is 8.87. The van der Waals surface area contributed by atoms with Crippen LogP contribution in [0.4, 0.5) is 5.69 Å². The third kappa shape index (κ3) is 4.37. The summed E-state index contributed by atoms with van der Waals surface area (Å²) in [6.45, 7) is 3.83. The summed E-state index contributed by atoms with van der Waals surface area (Å²) in [6.07, 6.45) is 0. The minimum atomic E-state index is -0.370. The smallest absolute Gasteiger partial charge is 0.237 e. The van der Waals surface area contributed by atoms with E-state index in [0.29, 0.717) is 15.9 Å². The molecule has 0 aliphatic heterocycles. The molecule has 3 rings (SSSR count). The zero-order valence-electron chi connectivity index (χ0n) is 13.7. The van der Waals surface area contributed by atoms with E-state index in [1.807, 2.05) is 38.1 Å². The largest absolute Gasteiger partial charge is 0.325 e. The van der Waals surface area contributed by atoms with Crippen LogP contribution in [0.5, 0.6) is 0 Å². The molecule has 0 spiro atoms. The van der Waals surface area contributed by atoms with Gasteiger partial charge in [0.2, 0.25) is 11.1 Å². The Kier molecular flexibility index (Phi) is 5.35. The van der Waals surface area contributed by atoms with Crippen LogP contribution in [0.1, 0.15) is 12.5 Å². The zero-order chi connectivity index (χ0) is 17.8. The van der Waals surface area contributed by atoms with E-state index in [-0.39, 0.29) is 11.2 Å². The number of halogens is 1. The molecule has 0 saturated carbocycles. The fraction of sp³-hybridized carbons (Fsp3) is 0.176.